The van der Waals surface area contributed by atoms with Gasteiger partial charge in [0.25, 0.3) is 0 Å². The van der Waals surface area contributed by atoms with Crippen LogP contribution in [0.1, 0.15) is 65.7 Å². The molecule has 1 saturated heterocycles. The Morgan fingerprint density at radius 1 is 1.06 bits per heavy atom. The minimum absolute atomic E-state index is 0.395. The van der Waals surface area contributed by atoms with E-state index in [2.05, 4.69) is 25.7 Å². The van der Waals surface area contributed by atoms with E-state index >= 15 is 0 Å². The second-order valence-electron chi connectivity index (χ2n) is 7.90. The summed E-state index contributed by atoms with van der Waals surface area (Å²) < 4.78 is 0. The fraction of sp³-hybridized carbons (Fsp3) is 1.00. The van der Waals surface area contributed by atoms with Gasteiger partial charge in [-0.15, -0.1) is 0 Å². The summed E-state index contributed by atoms with van der Waals surface area (Å²) in [7, 11) is 0. The minimum atomic E-state index is 0.395. The Labute approximate surface area is 113 Å². The highest BCUT2D eigenvalue weighted by molar-refractivity contribution is 4.92. The summed E-state index contributed by atoms with van der Waals surface area (Å²) in [5.74, 6) is 0. The number of piperidine rings is 1. The van der Waals surface area contributed by atoms with E-state index in [1.165, 1.54) is 58.0 Å². The number of likely N-dealkylation sites (tertiary alicyclic amines) is 1. The Balaban J connectivity index is 1.87. The lowest BCUT2D eigenvalue weighted by molar-refractivity contribution is 0.0626. The fourth-order valence-corrected chi connectivity index (χ4v) is 4.06. The van der Waals surface area contributed by atoms with E-state index in [9.17, 15) is 0 Å². The summed E-state index contributed by atoms with van der Waals surface area (Å²) in [6, 6.07) is 0.601. The predicted octanol–water partition coefficient (Wildman–Crippen LogP) is 3.41. The third-order valence-electron chi connectivity index (χ3n) is 5.16. The monoisotopic (exact) mass is 252 g/mol. The molecule has 18 heavy (non-hydrogen) atoms. The van der Waals surface area contributed by atoms with Gasteiger partial charge in [0.1, 0.15) is 0 Å². The lowest BCUT2D eigenvalue weighted by Gasteiger charge is -2.44. The van der Waals surface area contributed by atoms with Gasteiger partial charge in [-0.25, -0.2) is 0 Å². The summed E-state index contributed by atoms with van der Waals surface area (Å²) >= 11 is 0. The average Bonchev–Trinajstić information content (AvgIpc) is 2.75. The molecule has 1 unspecified atom stereocenters. The molecule has 1 aliphatic heterocycles. The molecule has 1 aliphatic carbocycles. The molecule has 2 N–H and O–H groups in total. The first kappa shape index (κ1) is 14.3. The molecule has 0 aromatic rings. The molecule has 1 spiro atoms. The van der Waals surface area contributed by atoms with E-state index in [4.69, 9.17) is 5.73 Å². The van der Waals surface area contributed by atoms with Crippen LogP contribution in [-0.4, -0.2) is 30.6 Å². The van der Waals surface area contributed by atoms with E-state index in [-0.39, 0.29) is 0 Å². The van der Waals surface area contributed by atoms with Gasteiger partial charge >= 0.3 is 0 Å². The quantitative estimate of drug-likeness (QED) is 0.834. The summed E-state index contributed by atoms with van der Waals surface area (Å²) in [6.45, 7) is 10.4. The van der Waals surface area contributed by atoms with Gasteiger partial charge in [-0.2, -0.15) is 0 Å². The molecule has 106 valence electrons. The first-order chi connectivity index (χ1) is 8.44. The molecule has 1 atom stereocenters. The van der Waals surface area contributed by atoms with Gasteiger partial charge in [-0.05, 0) is 56.0 Å². The molecule has 0 radical (unpaired) electrons. The number of nitrogens with two attached hydrogens (primary N) is 1. The van der Waals surface area contributed by atoms with Crippen molar-refractivity contribution >= 4 is 0 Å². The van der Waals surface area contributed by atoms with Crippen molar-refractivity contribution in [2.45, 2.75) is 71.8 Å². The van der Waals surface area contributed by atoms with Crippen LogP contribution in [0.15, 0.2) is 0 Å². The van der Waals surface area contributed by atoms with Gasteiger partial charge in [0, 0.05) is 12.6 Å². The number of hydrogen-bond acceptors (Lipinski definition) is 2. The highest BCUT2D eigenvalue weighted by Crippen LogP contribution is 2.46. The molecule has 2 fully saturated rings. The van der Waals surface area contributed by atoms with Crippen LogP contribution in [-0.2, 0) is 0 Å². The normalized spacial score (nSPS) is 26.7. The molecule has 2 heteroatoms. The second-order valence-corrected chi connectivity index (χ2v) is 7.90. The summed E-state index contributed by atoms with van der Waals surface area (Å²) in [5.41, 5.74) is 7.14. The molecule has 0 amide bonds. The standard InChI is InChI=1S/C16H32N2/c1-15(2,3)12-14(13-17)18-10-8-16(9-11-18)6-4-5-7-16/h14H,4-13,17H2,1-3H3. The SMILES string of the molecule is CC(C)(C)CC(CN)N1CCC2(CCCC2)CC1. The molecular formula is C16H32N2. The highest BCUT2D eigenvalue weighted by Gasteiger charge is 2.38. The Kier molecular flexibility index (Phi) is 4.38. The molecule has 1 saturated carbocycles. The van der Waals surface area contributed by atoms with Crippen LogP contribution in [0.2, 0.25) is 0 Å². The van der Waals surface area contributed by atoms with Crippen LogP contribution in [0.3, 0.4) is 0 Å². The molecule has 2 nitrogen and oxygen atoms in total. The van der Waals surface area contributed by atoms with Crippen molar-refractivity contribution in [3.8, 4) is 0 Å². The Morgan fingerprint density at radius 2 is 1.61 bits per heavy atom. The Bertz CT molecular complexity index is 251. The van der Waals surface area contributed by atoms with E-state index < -0.39 is 0 Å². The molecule has 1 heterocycles. The molecule has 2 aliphatic rings. The summed E-state index contributed by atoms with van der Waals surface area (Å²) in [5, 5.41) is 0. The molecule has 0 aromatic heterocycles. The van der Waals surface area contributed by atoms with Gasteiger partial charge in [-0.3, -0.25) is 4.90 Å². The maximum Gasteiger partial charge on any atom is 0.0223 e. The molecular weight excluding hydrogens is 220 g/mol. The summed E-state index contributed by atoms with van der Waals surface area (Å²) in [4.78, 5) is 2.68. The average molecular weight is 252 g/mol. The van der Waals surface area contributed by atoms with E-state index in [1.807, 2.05) is 0 Å². The lowest BCUT2D eigenvalue weighted by atomic mass is 9.76. The second kappa shape index (κ2) is 5.50. The van der Waals surface area contributed by atoms with Gasteiger partial charge < -0.3 is 5.73 Å². The minimum Gasteiger partial charge on any atom is -0.329 e. The van der Waals surface area contributed by atoms with Gasteiger partial charge in [0.2, 0.25) is 0 Å². The van der Waals surface area contributed by atoms with Gasteiger partial charge in [-0.1, -0.05) is 33.6 Å². The van der Waals surface area contributed by atoms with Crippen LogP contribution in [0.25, 0.3) is 0 Å². The number of nitrogens with zero attached hydrogens (tertiary/aromatic N) is 1. The molecule has 0 bridgehead atoms. The van der Waals surface area contributed by atoms with Crippen molar-refractivity contribution in [1.82, 2.24) is 4.90 Å². The van der Waals surface area contributed by atoms with Gasteiger partial charge in [0.05, 0.1) is 0 Å². The van der Waals surface area contributed by atoms with Crippen LogP contribution in [0.4, 0.5) is 0 Å². The van der Waals surface area contributed by atoms with E-state index in [0.29, 0.717) is 11.5 Å². The third kappa shape index (κ3) is 3.48. The number of rotatable bonds is 3. The topological polar surface area (TPSA) is 29.3 Å². The summed E-state index contributed by atoms with van der Waals surface area (Å²) in [6.07, 6.45) is 10.0. The highest BCUT2D eigenvalue weighted by atomic mass is 15.2. The first-order valence-electron chi connectivity index (χ1n) is 7.88. The fourth-order valence-electron chi connectivity index (χ4n) is 4.06. The zero-order valence-electron chi connectivity index (χ0n) is 12.7. The van der Waals surface area contributed by atoms with E-state index in [1.54, 1.807) is 0 Å². The first-order valence-corrected chi connectivity index (χ1v) is 7.88. The predicted molar refractivity (Wildman–Crippen MR) is 78.6 cm³/mol. The maximum absolute atomic E-state index is 6.01. The zero-order chi connectivity index (χ0) is 13.2. The molecule has 0 aromatic carbocycles. The Morgan fingerprint density at radius 3 is 2.06 bits per heavy atom. The third-order valence-corrected chi connectivity index (χ3v) is 5.16. The zero-order valence-corrected chi connectivity index (χ0v) is 12.7. The van der Waals surface area contributed by atoms with Crippen molar-refractivity contribution in [3.05, 3.63) is 0 Å². The largest absolute Gasteiger partial charge is 0.329 e. The van der Waals surface area contributed by atoms with E-state index in [0.717, 1.165) is 12.0 Å². The smallest absolute Gasteiger partial charge is 0.0223 e. The van der Waals surface area contributed by atoms with Crippen molar-refractivity contribution in [2.75, 3.05) is 19.6 Å². The number of hydrogen-bond donors (Lipinski definition) is 1. The lowest BCUT2D eigenvalue weighted by Crippen LogP contribution is -2.48. The maximum atomic E-state index is 6.01. The van der Waals surface area contributed by atoms with Crippen molar-refractivity contribution < 1.29 is 0 Å². The Hall–Kier alpha value is -0.0800. The van der Waals surface area contributed by atoms with Crippen LogP contribution in [0, 0.1) is 10.8 Å². The van der Waals surface area contributed by atoms with Crippen LogP contribution >= 0.6 is 0 Å². The van der Waals surface area contributed by atoms with Crippen molar-refractivity contribution in [2.24, 2.45) is 16.6 Å². The molecule has 2 rings (SSSR count). The van der Waals surface area contributed by atoms with Crippen LogP contribution in [0.5, 0.6) is 0 Å². The van der Waals surface area contributed by atoms with Crippen molar-refractivity contribution in [3.63, 3.8) is 0 Å². The van der Waals surface area contributed by atoms with Gasteiger partial charge in [0.15, 0.2) is 0 Å². The van der Waals surface area contributed by atoms with Crippen molar-refractivity contribution in [1.29, 1.82) is 0 Å². The van der Waals surface area contributed by atoms with Crippen LogP contribution < -0.4 is 5.73 Å².